The second-order valence-corrected chi connectivity index (χ2v) is 3.10. The number of hydrogen-bond acceptors (Lipinski definition) is 5. The highest BCUT2D eigenvalue weighted by Gasteiger charge is 2.05. The summed E-state index contributed by atoms with van der Waals surface area (Å²) in [5, 5.41) is 3.22. The van der Waals surface area contributed by atoms with E-state index in [9.17, 15) is 4.79 Å². The van der Waals surface area contributed by atoms with Crippen molar-refractivity contribution in [2.24, 2.45) is 5.73 Å². The van der Waals surface area contributed by atoms with Gasteiger partial charge in [0.1, 0.15) is 5.02 Å². The lowest BCUT2D eigenvalue weighted by Crippen LogP contribution is -2.16. The van der Waals surface area contributed by atoms with E-state index in [2.05, 4.69) is 15.3 Å². The molecule has 0 unspecified atom stereocenters. The molecule has 6 nitrogen and oxygen atoms in total. The summed E-state index contributed by atoms with van der Waals surface area (Å²) in [7, 11) is 1.45. The van der Waals surface area contributed by atoms with Crippen LogP contribution in [0.25, 0.3) is 0 Å². The number of methoxy groups -OCH3 is 1. The molecule has 0 atom stereocenters. The minimum atomic E-state index is -0.389. The molecule has 0 aliphatic heterocycles. The maximum absolute atomic E-state index is 10.5. The molecular weight excluding hydrogens is 220 g/mol. The zero-order valence-electron chi connectivity index (χ0n) is 8.16. The van der Waals surface area contributed by atoms with E-state index in [0.717, 1.165) is 0 Å². The summed E-state index contributed by atoms with van der Waals surface area (Å²) >= 11 is 5.81. The third-order valence-corrected chi connectivity index (χ3v) is 1.85. The van der Waals surface area contributed by atoms with E-state index in [4.69, 9.17) is 22.1 Å². The molecule has 82 valence electrons. The number of carbonyl (C=O) groups is 1. The van der Waals surface area contributed by atoms with Gasteiger partial charge in [-0.3, -0.25) is 4.79 Å². The molecule has 1 aromatic rings. The molecule has 0 bridgehead atoms. The van der Waals surface area contributed by atoms with Gasteiger partial charge in [-0.1, -0.05) is 11.6 Å². The first-order valence-corrected chi connectivity index (χ1v) is 4.60. The minimum Gasteiger partial charge on any atom is -0.467 e. The lowest BCUT2D eigenvalue weighted by Gasteiger charge is -2.06. The van der Waals surface area contributed by atoms with Gasteiger partial charge in [-0.05, 0) is 0 Å². The Hall–Kier alpha value is -1.56. The van der Waals surface area contributed by atoms with Gasteiger partial charge in [-0.15, -0.1) is 0 Å². The Balaban J connectivity index is 2.62. The lowest BCUT2D eigenvalue weighted by molar-refractivity contribution is -0.117. The van der Waals surface area contributed by atoms with E-state index in [0.29, 0.717) is 17.4 Å². The zero-order chi connectivity index (χ0) is 11.3. The van der Waals surface area contributed by atoms with Gasteiger partial charge in [0.2, 0.25) is 5.91 Å². The summed E-state index contributed by atoms with van der Waals surface area (Å²) < 4.78 is 4.82. The van der Waals surface area contributed by atoms with Gasteiger partial charge in [0.15, 0.2) is 5.82 Å². The molecule has 1 aromatic heterocycles. The average Bonchev–Trinajstić information content (AvgIpc) is 2.20. The van der Waals surface area contributed by atoms with Crippen LogP contribution in [0.2, 0.25) is 5.02 Å². The third kappa shape index (κ3) is 3.59. The Labute approximate surface area is 91.8 Å². The van der Waals surface area contributed by atoms with Crippen LogP contribution in [0.1, 0.15) is 6.42 Å². The first kappa shape index (κ1) is 11.5. The highest BCUT2D eigenvalue weighted by atomic mass is 35.5. The van der Waals surface area contributed by atoms with Crippen LogP contribution in [-0.4, -0.2) is 29.5 Å². The van der Waals surface area contributed by atoms with Crippen molar-refractivity contribution in [3.05, 3.63) is 11.2 Å². The summed E-state index contributed by atoms with van der Waals surface area (Å²) in [6.07, 6.45) is 1.63. The smallest absolute Gasteiger partial charge is 0.318 e. The number of rotatable bonds is 5. The van der Waals surface area contributed by atoms with Crippen LogP contribution < -0.4 is 15.8 Å². The maximum atomic E-state index is 10.5. The first-order valence-electron chi connectivity index (χ1n) is 4.22. The molecular formula is C8H11ClN4O2. The number of hydrogen-bond donors (Lipinski definition) is 2. The Bertz CT molecular complexity index is 358. The van der Waals surface area contributed by atoms with E-state index in [1.807, 2.05) is 0 Å². The van der Waals surface area contributed by atoms with Crippen LogP contribution in [-0.2, 0) is 4.79 Å². The molecule has 1 rings (SSSR count). The normalized spacial score (nSPS) is 9.73. The zero-order valence-corrected chi connectivity index (χ0v) is 8.91. The van der Waals surface area contributed by atoms with Crippen molar-refractivity contribution in [3.8, 4) is 6.01 Å². The van der Waals surface area contributed by atoms with Crippen LogP contribution in [0, 0.1) is 0 Å². The van der Waals surface area contributed by atoms with Gasteiger partial charge in [-0.25, -0.2) is 4.98 Å². The number of primary amides is 1. The predicted molar refractivity (Wildman–Crippen MR) is 55.9 cm³/mol. The van der Waals surface area contributed by atoms with Crippen LogP contribution in [0.3, 0.4) is 0 Å². The van der Waals surface area contributed by atoms with Crippen molar-refractivity contribution < 1.29 is 9.53 Å². The van der Waals surface area contributed by atoms with Gasteiger partial charge in [0.25, 0.3) is 0 Å². The number of nitrogens with two attached hydrogens (primary N) is 1. The van der Waals surface area contributed by atoms with Crippen LogP contribution in [0.15, 0.2) is 6.20 Å². The fraction of sp³-hybridized carbons (Fsp3) is 0.375. The van der Waals surface area contributed by atoms with E-state index in [1.54, 1.807) is 0 Å². The third-order valence-electron chi connectivity index (χ3n) is 1.57. The summed E-state index contributed by atoms with van der Waals surface area (Å²) in [6.45, 7) is 0.370. The van der Waals surface area contributed by atoms with Crippen LogP contribution in [0.5, 0.6) is 6.01 Å². The van der Waals surface area contributed by atoms with Crippen molar-refractivity contribution in [1.29, 1.82) is 0 Å². The van der Waals surface area contributed by atoms with E-state index in [1.165, 1.54) is 13.3 Å². The molecule has 7 heteroatoms. The van der Waals surface area contributed by atoms with Crippen LogP contribution in [0.4, 0.5) is 5.82 Å². The van der Waals surface area contributed by atoms with Gasteiger partial charge < -0.3 is 15.8 Å². The van der Waals surface area contributed by atoms with Crippen molar-refractivity contribution >= 4 is 23.3 Å². The Morgan fingerprint density at radius 3 is 3.07 bits per heavy atom. The Morgan fingerprint density at radius 1 is 1.73 bits per heavy atom. The van der Waals surface area contributed by atoms with Gasteiger partial charge in [0, 0.05) is 13.0 Å². The number of aromatic nitrogens is 2. The average molecular weight is 231 g/mol. The lowest BCUT2D eigenvalue weighted by atomic mass is 10.4. The molecule has 3 N–H and O–H groups in total. The predicted octanol–water partition coefficient (Wildman–Crippen LogP) is 0.426. The van der Waals surface area contributed by atoms with E-state index >= 15 is 0 Å². The molecule has 0 saturated carbocycles. The number of nitrogens with zero attached hydrogens (tertiary/aromatic N) is 2. The standard InChI is InChI=1S/C8H11ClN4O2/c1-15-8-12-4-5(9)7(13-8)11-3-2-6(10)14/h4H,2-3H2,1H3,(H2,10,14)(H,11,12,13). The second-order valence-electron chi connectivity index (χ2n) is 2.70. The Kier molecular flexibility index (Phi) is 4.11. The summed E-state index contributed by atoms with van der Waals surface area (Å²) in [5.41, 5.74) is 4.98. The summed E-state index contributed by atoms with van der Waals surface area (Å²) in [6, 6.07) is 0.209. The van der Waals surface area contributed by atoms with Crippen molar-refractivity contribution in [3.63, 3.8) is 0 Å². The minimum absolute atomic E-state index is 0.209. The molecule has 0 radical (unpaired) electrons. The fourth-order valence-corrected chi connectivity index (χ4v) is 1.04. The molecule has 0 aliphatic rings. The quantitative estimate of drug-likeness (QED) is 0.765. The molecule has 0 aromatic carbocycles. The fourth-order valence-electron chi connectivity index (χ4n) is 0.877. The molecule has 0 fully saturated rings. The largest absolute Gasteiger partial charge is 0.467 e. The number of carbonyl (C=O) groups excluding carboxylic acids is 1. The Morgan fingerprint density at radius 2 is 2.47 bits per heavy atom. The van der Waals surface area contributed by atoms with Gasteiger partial charge in [0.05, 0.1) is 13.3 Å². The molecule has 15 heavy (non-hydrogen) atoms. The maximum Gasteiger partial charge on any atom is 0.318 e. The highest BCUT2D eigenvalue weighted by Crippen LogP contribution is 2.19. The van der Waals surface area contributed by atoms with Crippen LogP contribution >= 0.6 is 11.6 Å². The van der Waals surface area contributed by atoms with Crippen molar-refractivity contribution in [1.82, 2.24) is 9.97 Å². The van der Waals surface area contributed by atoms with Gasteiger partial charge >= 0.3 is 6.01 Å². The summed E-state index contributed by atoms with van der Waals surface area (Å²) in [4.78, 5) is 18.3. The monoisotopic (exact) mass is 230 g/mol. The number of amides is 1. The number of anilines is 1. The van der Waals surface area contributed by atoms with Gasteiger partial charge in [-0.2, -0.15) is 4.98 Å². The SMILES string of the molecule is COc1ncc(Cl)c(NCCC(N)=O)n1. The molecule has 0 aliphatic carbocycles. The topological polar surface area (TPSA) is 90.1 Å². The van der Waals surface area contributed by atoms with E-state index < -0.39 is 0 Å². The number of halogens is 1. The summed E-state index contributed by atoms with van der Waals surface area (Å²) in [5.74, 6) is 0.0319. The van der Waals surface area contributed by atoms with Crippen molar-refractivity contribution in [2.75, 3.05) is 19.0 Å². The second kappa shape index (κ2) is 5.35. The highest BCUT2D eigenvalue weighted by molar-refractivity contribution is 6.32. The van der Waals surface area contributed by atoms with E-state index in [-0.39, 0.29) is 18.3 Å². The molecule has 1 amide bonds. The molecule has 0 saturated heterocycles. The molecule has 0 spiro atoms. The number of nitrogens with one attached hydrogen (secondary N) is 1. The van der Waals surface area contributed by atoms with Crippen molar-refractivity contribution in [2.45, 2.75) is 6.42 Å². The first-order chi connectivity index (χ1) is 7.13. The number of ether oxygens (including phenoxy) is 1. The molecule has 1 heterocycles.